The highest BCUT2D eigenvalue weighted by Crippen LogP contribution is 2.28. The van der Waals surface area contributed by atoms with Crippen molar-refractivity contribution in [1.29, 1.82) is 0 Å². The summed E-state index contributed by atoms with van der Waals surface area (Å²) < 4.78 is 10.6. The molecule has 0 bridgehead atoms. The van der Waals surface area contributed by atoms with E-state index in [9.17, 15) is 0 Å². The Kier molecular flexibility index (Phi) is 2.57. The number of nitrogens with zero attached hydrogens (tertiary/aromatic N) is 1. The monoisotopic (exact) mass is 230 g/mol. The van der Waals surface area contributed by atoms with Crippen molar-refractivity contribution >= 4 is 0 Å². The third-order valence-electron chi connectivity index (χ3n) is 3.06. The van der Waals surface area contributed by atoms with Gasteiger partial charge in [0.15, 0.2) is 0 Å². The second-order valence-corrected chi connectivity index (χ2v) is 4.06. The number of fused-ring (bicyclic) bond motifs is 1. The predicted octanol–water partition coefficient (Wildman–Crippen LogP) is 2.16. The normalized spacial score (nSPS) is 14.4. The van der Waals surface area contributed by atoms with Crippen LogP contribution in [0.2, 0.25) is 0 Å². The number of rotatable bonds is 2. The van der Waals surface area contributed by atoms with Gasteiger partial charge < -0.3 is 9.47 Å². The minimum absolute atomic E-state index is 0.646. The predicted molar refractivity (Wildman–Crippen MR) is 63.9 cm³/mol. The lowest BCUT2D eigenvalue weighted by molar-refractivity contribution is 0.110. The van der Waals surface area contributed by atoms with Crippen LogP contribution in [0.15, 0.2) is 24.3 Å². The maximum absolute atomic E-state index is 5.48. The molecule has 0 saturated carbocycles. The van der Waals surface area contributed by atoms with Crippen molar-refractivity contribution in [3.63, 3.8) is 0 Å². The van der Waals surface area contributed by atoms with Gasteiger partial charge in [-0.25, -0.2) is 0 Å². The van der Waals surface area contributed by atoms with E-state index in [2.05, 4.69) is 10.2 Å². The Balaban J connectivity index is 2.00. The topological polar surface area (TPSA) is 47.1 Å². The highest BCUT2D eigenvalue weighted by molar-refractivity contribution is 5.64. The van der Waals surface area contributed by atoms with Gasteiger partial charge in [-0.05, 0) is 24.3 Å². The number of hydrogen-bond donors (Lipinski definition) is 1. The van der Waals surface area contributed by atoms with E-state index in [0.717, 1.165) is 30.0 Å². The maximum atomic E-state index is 5.48. The molecular weight excluding hydrogens is 216 g/mol. The number of nitrogens with one attached hydrogen (secondary N) is 1. The molecule has 1 N–H and O–H groups in total. The molecule has 2 heterocycles. The molecule has 2 aromatic rings. The quantitative estimate of drug-likeness (QED) is 0.860. The van der Waals surface area contributed by atoms with Crippen molar-refractivity contribution in [2.75, 3.05) is 13.7 Å². The lowest BCUT2D eigenvalue weighted by Gasteiger charge is -2.12. The van der Waals surface area contributed by atoms with Gasteiger partial charge in [-0.1, -0.05) is 0 Å². The Morgan fingerprint density at radius 1 is 1.29 bits per heavy atom. The number of benzene rings is 1. The van der Waals surface area contributed by atoms with Crippen molar-refractivity contribution in [2.45, 2.75) is 13.0 Å². The highest BCUT2D eigenvalue weighted by atomic mass is 16.5. The average Bonchev–Trinajstić information content (AvgIpc) is 2.83. The van der Waals surface area contributed by atoms with E-state index >= 15 is 0 Å². The molecule has 1 aliphatic rings. The molecule has 4 heteroatoms. The molecule has 0 aliphatic carbocycles. The van der Waals surface area contributed by atoms with Crippen LogP contribution in [-0.4, -0.2) is 23.9 Å². The molecule has 0 amide bonds. The summed E-state index contributed by atoms with van der Waals surface area (Å²) in [5.74, 6) is 0.856. The van der Waals surface area contributed by atoms with E-state index in [4.69, 9.17) is 9.47 Å². The second-order valence-electron chi connectivity index (χ2n) is 4.06. The van der Waals surface area contributed by atoms with Crippen LogP contribution in [0.1, 0.15) is 11.3 Å². The Morgan fingerprint density at radius 2 is 2.12 bits per heavy atom. The van der Waals surface area contributed by atoms with Gasteiger partial charge in [0.05, 0.1) is 26.0 Å². The number of hydrogen-bond acceptors (Lipinski definition) is 3. The summed E-state index contributed by atoms with van der Waals surface area (Å²) in [7, 11) is 1.67. The van der Waals surface area contributed by atoms with Gasteiger partial charge in [0, 0.05) is 23.2 Å². The lowest BCUT2D eigenvalue weighted by atomic mass is 10.0. The molecule has 0 atom stereocenters. The zero-order valence-corrected chi connectivity index (χ0v) is 9.69. The third kappa shape index (κ3) is 1.80. The van der Waals surface area contributed by atoms with Crippen molar-refractivity contribution < 1.29 is 9.47 Å². The minimum atomic E-state index is 0.646. The van der Waals surface area contributed by atoms with Crippen LogP contribution in [0, 0.1) is 0 Å². The van der Waals surface area contributed by atoms with Crippen molar-refractivity contribution in [1.82, 2.24) is 10.2 Å². The van der Waals surface area contributed by atoms with Crippen LogP contribution >= 0.6 is 0 Å². The number of methoxy groups -OCH3 is 1. The zero-order chi connectivity index (χ0) is 11.7. The van der Waals surface area contributed by atoms with Crippen LogP contribution in [0.3, 0.4) is 0 Å². The number of aromatic nitrogens is 2. The molecule has 4 nitrogen and oxygen atoms in total. The summed E-state index contributed by atoms with van der Waals surface area (Å²) >= 11 is 0. The van der Waals surface area contributed by atoms with Crippen LogP contribution in [0.4, 0.5) is 0 Å². The van der Waals surface area contributed by atoms with Gasteiger partial charge >= 0.3 is 0 Å². The summed E-state index contributed by atoms with van der Waals surface area (Å²) in [5, 5.41) is 7.47. The van der Waals surface area contributed by atoms with E-state index in [0.29, 0.717) is 6.61 Å². The van der Waals surface area contributed by atoms with E-state index < -0.39 is 0 Å². The van der Waals surface area contributed by atoms with Crippen LogP contribution < -0.4 is 4.74 Å². The molecule has 3 rings (SSSR count). The summed E-state index contributed by atoms with van der Waals surface area (Å²) in [5.41, 5.74) is 4.46. The van der Waals surface area contributed by atoms with E-state index in [1.165, 1.54) is 11.3 Å². The molecule has 88 valence electrons. The number of ether oxygens (including phenoxy) is 2. The summed E-state index contributed by atoms with van der Waals surface area (Å²) in [6, 6.07) is 7.92. The molecular formula is C13H14N2O2. The van der Waals surface area contributed by atoms with Crippen molar-refractivity contribution in [2.24, 2.45) is 0 Å². The van der Waals surface area contributed by atoms with E-state index in [1.807, 2.05) is 24.3 Å². The molecule has 1 aromatic carbocycles. The fourth-order valence-electron chi connectivity index (χ4n) is 2.10. The SMILES string of the molecule is COc1ccc(-c2n[nH]c3c2COCC3)cc1. The highest BCUT2D eigenvalue weighted by Gasteiger charge is 2.18. The Hall–Kier alpha value is -1.81. The molecule has 1 aliphatic heterocycles. The first-order valence-electron chi connectivity index (χ1n) is 5.67. The van der Waals surface area contributed by atoms with Gasteiger partial charge in [-0.3, -0.25) is 5.10 Å². The molecule has 0 saturated heterocycles. The smallest absolute Gasteiger partial charge is 0.118 e. The molecule has 0 radical (unpaired) electrons. The zero-order valence-electron chi connectivity index (χ0n) is 9.69. The first kappa shape index (κ1) is 10.4. The minimum Gasteiger partial charge on any atom is -0.497 e. The van der Waals surface area contributed by atoms with Gasteiger partial charge in [-0.15, -0.1) is 0 Å². The molecule has 0 fully saturated rings. The van der Waals surface area contributed by atoms with Crippen molar-refractivity contribution in [3.8, 4) is 17.0 Å². The summed E-state index contributed by atoms with van der Waals surface area (Å²) in [6.07, 6.45) is 0.915. The second kappa shape index (κ2) is 4.22. The average molecular weight is 230 g/mol. The largest absolute Gasteiger partial charge is 0.497 e. The van der Waals surface area contributed by atoms with Gasteiger partial charge in [0.2, 0.25) is 0 Å². The van der Waals surface area contributed by atoms with Gasteiger partial charge in [-0.2, -0.15) is 5.10 Å². The van der Waals surface area contributed by atoms with Crippen molar-refractivity contribution in [3.05, 3.63) is 35.5 Å². The molecule has 0 spiro atoms. The molecule has 1 aromatic heterocycles. The maximum Gasteiger partial charge on any atom is 0.118 e. The first-order valence-corrected chi connectivity index (χ1v) is 5.67. The third-order valence-corrected chi connectivity index (χ3v) is 3.06. The Bertz CT molecular complexity index is 517. The van der Waals surface area contributed by atoms with E-state index in [1.54, 1.807) is 7.11 Å². The fourth-order valence-corrected chi connectivity index (χ4v) is 2.10. The fraction of sp³-hybridized carbons (Fsp3) is 0.308. The Labute approximate surface area is 99.6 Å². The van der Waals surface area contributed by atoms with Crippen LogP contribution in [0.25, 0.3) is 11.3 Å². The number of aromatic amines is 1. The standard InChI is InChI=1S/C13H14N2O2/c1-16-10-4-2-9(3-5-10)13-11-8-17-7-6-12(11)14-15-13/h2-5H,6-8H2,1H3,(H,14,15). The lowest BCUT2D eigenvalue weighted by Crippen LogP contribution is -2.08. The molecule has 0 unspecified atom stereocenters. The van der Waals surface area contributed by atoms with Gasteiger partial charge in [0.25, 0.3) is 0 Å². The molecule has 17 heavy (non-hydrogen) atoms. The van der Waals surface area contributed by atoms with Crippen LogP contribution in [-0.2, 0) is 17.8 Å². The number of H-pyrrole nitrogens is 1. The van der Waals surface area contributed by atoms with E-state index in [-0.39, 0.29) is 0 Å². The summed E-state index contributed by atoms with van der Waals surface area (Å²) in [6.45, 7) is 1.42. The van der Waals surface area contributed by atoms with Crippen LogP contribution in [0.5, 0.6) is 5.75 Å². The van der Waals surface area contributed by atoms with Gasteiger partial charge in [0.1, 0.15) is 5.75 Å². The Morgan fingerprint density at radius 3 is 2.88 bits per heavy atom. The first-order chi connectivity index (χ1) is 8.38. The summed E-state index contributed by atoms with van der Waals surface area (Å²) in [4.78, 5) is 0.